The van der Waals surface area contributed by atoms with E-state index in [1.807, 2.05) is 13.8 Å². The van der Waals surface area contributed by atoms with E-state index in [4.69, 9.17) is 4.74 Å². The minimum atomic E-state index is -0.00971. The maximum atomic E-state index is 11.3. The van der Waals surface area contributed by atoms with E-state index < -0.39 is 0 Å². The second kappa shape index (κ2) is 7.63. The van der Waals surface area contributed by atoms with E-state index in [0.717, 1.165) is 19.5 Å². The number of ether oxygens (including phenoxy) is 1. The molecular weight excluding hydrogens is 204 g/mol. The van der Waals surface area contributed by atoms with Crippen LogP contribution in [-0.4, -0.2) is 37.7 Å². The zero-order valence-corrected chi connectivity index (χ0v) is 10.4. The van der Waals surface area contributed by atoms with Crippen molar-refractivity contribution in [3.05, 3.63) is 0 Å². The molecule has 1 saturated heterocycles. The number of carbonyl (C=O) groups excluding carboxylic acids is 1. The Hall–Kier alpha value is -0.610. The molecule has 0 aromatic heterocycles. The molecule has 1 aliphatic rings. The summed E-state index contributed by atoms with van der Waals surface area (Å²) in [4.78, 5) is 11.3. The van der Waals surface area contributed by atoms with Gasteiger partial charge < -0.3 is 15.4 Å². The van der Waals surface area contributed by atoms with Crippen molar-refractivity contribution in [3.8, 4) is 0 Å². The predicted molar refractivity (Wildman–Crippen MR) is 64.4 cm³/mol. The maximum absolute atomic E-state index is 11.3. The van der Waals surface area contributed by atoms with Gasteiger partial charge in [0.1, 0.15) is 6.61 Å². The zero-order chi connectivity index (χ0) is 11.8. The van der Waals surface area contributed by atoms with Gasteiger partial charge in [-0.15, -0.1) is 0 Å². The van der Waals surface area contributed by atoms with Crippen LogP contribution in [0.15, 0.2) is 0 Å². The van der Waals surface area contributed by atoms with Gasteiger partial charge in [-0.2, -0.15) is 0 Å². The van der Waals surface area contributed by atoms with Gasteiger partial charge in [-0.05, 0) is 39.7 Å². The van der Waals surface area contributed by atoms with Crippen molar-refractivity contribution >= 4 is 5.91 Å². The standard InChI is InChI=1S/C12H24N2O2/c1-10(2)16-9-12(15)14-8-6-11-5-3-4-7-13-11/h10-11,13H,3-9H2,1-2H3,(H,14,15). The van der Waals surface area contributed by atoms with Crippen LogP contribution in [0.5, 0.6) is 0 Å². The van der Waals surface area contributed by atoms with Crippen LogP contribution in [0.1, 0.15) is 39.5 Å². The molecule has 1 fully saturated rings. The SMILES string of the molecule is CC(C)OCC(=O)NCCC1CCCCN1. The maximum Gasteiger partial charge on any atom is 0.246 e. The first kappa shape index (κ1) is 13.5. The molecule has 1 atom stereocenters. The van der Waals surface area contributed by atoms with Gasteiger partial charge in [-0.1, -0.05) is 6.42 Å². The highest BCUT2D eigenvalue weighted by Crippen LogP contribution is 2.08. The molecule has 1 amide bonds. The van der Waals surface area contributed by atoms with Gasteiger partial charge in [0.15, 0.2) is 0 Å². The van der Waals surface area contributed by atoms with Gasteiger partial charge in [-0.25, -0.2) is 0 Å². The number of hydrogen-bond acceptors (Lipinski definition) is 3. The van der Waals surface area contributed by atoms with E-state index in [0.29, 0.717) is 6.04 Å². The van der Waals surface area contributed by atoms with Crippen molar-refractivity contribution in [2.45, 2.75) is 51.7 Å². The van der Waals surface area contributed by atoms with Crippen LogP contribution >= 0.6 is 0 Å². The molecule has 2 N–H and O–H groups in total. The first-order valence-corrected chi connectivity index (χ1v) is 6.30. The molecule has 4 nitrogen and oxygen atoms in total. The monoisotopic (exact) mass is 228 g/mol. The van der Waals surface area contributed by atoms with Crippen molar-refractivity contribution in [2.75, 3.05) is 19.7 Å². The predicted octanol–water partition coefficient (Wildman–Crippen LogP) is 1.06. The van der Waals surface area contributed by atoms with Crippen LogP contribution in [-0.2, 0) is 9.53 Å². The Labute approximate surface area is 98.1 Å². The largest absolute Gasteiger partial charge is 0.369 e. The molecule has 0 bridgehead atoms. The van der Waals surface area contributed by atoms with E-state index in [1.165, 1.54) is 19.3 Å². The van der Waals surface area contributed by atoms with Gasteiger partial charge in [-0.3, -0.25) is 4.79 Å². The second-order valence-corrected chi connectivity index (χ2v) is 4.65. The summed E-state index contributed by atoms with van der Waals surface area (Å²) >= 11 is 0. The third-order valence-corrected chi connectivity index (χ3v) is 2.78. The number of nitrogens with one attached hydrogen (secondary N) is 2. The van der Waals surface area contributed by atoms with E-state index in [2.05, 4.69) is 10.6 Å². The normalized spacial score (nSPS) is 21.1. The minimum absolute atomic E-state index is 0.00971. The number of hydrogen-bond donors (Lipinski definition) is 2. The lowest BCUT2D eigenvalue weighted by molar-refractivity contribution is -0.127. The Bertz CT molecular complexity index is 201. The number of rotatable bonds is 6. The van der Waals surface area contributed by atoms with Gasteiger partial charge in [0.2, 0.25) is 5.91 Å². The summed E-state index contributed by atoms with van der Waals surface area (Å²) in [5, 5.41) is 6.34. The van der Waals surface area contributed by atoms with Crippen molar-refractivity contribution in [1.82, 2.24) is 10.6 Å². The highest BCUT2D eigenvalue weighted by Gasteiger charge is 2.12. The number of carbonyl (C=O) groups is 1. The molecule has 0 radical (unpaired) electrons. The Balaban J connectivity index is 1.99. The molecule has 0 aromatic carbocycles. The van der Waals surface area contributed by atoms with Crippen molar-refractivity contribution in [3.63, 3.8) is 0 Å². The fourth-order valence-corrected chi connectivity index (χ4v) is 1.85. The highest BCUT2D eigenvalue weighted by atomic mass is 16.5. The molecule has 0 aromatic rings. The lowest BCUT2D eigenvalue weighted by Gasteiger charge is -2.23. The second-order valence-electron chi connectivity index (χ2n) is 4.65. The molecule has 1 heterocycles. The Kier molecular flexibility index (Phi) is 6.42. The van der Waals surface area contributed by atoms with E-state index in [-0.39, 0.29) is 18.6 Å². The van der Waals surface area contributed by atoms with Gasteiger partial charge in [0.05, 0.1) is 6.10 Å². The van der Waals surface area contributed by atoms with Crippen LogP contribution in [0.3, 0.4) is 0 Å². The third-order valence-electron chi connectivity index (χ3n) is 2.78. The van der Waals surface area contributed by atoms with Gasteiger partial charge in [0.25, 0.3) is 0 Å². The summed E-state index contributed by atoms with van der Waals surface area (Å²) in [6, 6.07) is 0.583. The Morgan fingerprint density at radius 3 is 2.94 bits per heavy atom. The van der Waals surface area contributed by atoms with Crippen LogP contribution in [0.25, 0.3) is 0 Å². The summed E-state index contributed by atoms with van der Waals surface area (Å²) in [6.45, 7) is 5.90. The lowest BCUT2D eigenvalue weighted by atomic mass is 10.0. The van der Waals surface area contributed by atoms with Crippen LogP contribution in [0.4, 0.5) is 0 Å². The van der Waals surface area contributed by atoms with Crippen molar-refractivity contribution in [1.29, 1.82) is 0 Å². The molecule has 0 aliphatic carbocycles. The molecule has 1 unspecified atom stereocenters. The van der Waals surface area contributed by atoms with Crippen LogP contribution in [0, 0.1) is 0 Å². The smallest absolute Gasteiger partial charge is 0.246 e. The fraction of sp³-hybridized carbons (Fsp3) is 0.917. The summed E-state index contributed by atoms with van der Waals surface area (Å²) in [5.74, 6) is -0.00971. The summed E-state index contributed by atoms with van der Waals surface area (Å²) in [7, 11) is 0. The molecule has 1 rings (SSSR count). The Morgan fingerprint density at radius 2 is 2.31 bits per heavy atom. The highest BCUT2D eigenvalue weighted by molar-refractivity contribution is 5.77. The van der Waals surface area contributed by atoms with E-state index in [9.17, 15) is 4.79 Å². The first-order chi connectivity index (χ1) is 7.68. The first-order valence-electron chi connectivity index (χ1n) is 6.30. The molecule has 0 saturated carbocycles. The minimum Gasteiger partial charge on any atom is -0.369 e. The summed E-state index contributed by atoms with van der Waals surface area (Å²) in [6.07, 6.45) is 4.96. The fourth-order valence-electron chi connectivity index (χ4n) is 1.85. The average Bonchev–Trinajstić information content (AvgIpc) is 2.28. The summed E-state index contributed by atoms with van der Waals surface area (Å²) < 4.78 is 5.22. The van der Waals surface area contributed by atoms with E-state index in [1.54, 1.807) is 0 Å². The lowest BCUT2D eigenvalue weighted by Crippen LogP contribution is -2.38. The van der Waals surface area contributed by atoms with Crippen LogP contribution in [0.2, 0.25) is 0 Å². The third kappa shape index (κ3) is 6.08. The van der Waals surface area contributed by atoms with E-state index >= 15 is 0 Å². The average molecular weight is 228 g/mol. The summed E-state index contributed by atoms with van der Waals surface area (Å²) in [5.41, 5.74) is 0. The molecule has 1 aliphatic heterocycles. The Morgan fingerprint density at radius 1 is 1.50 bits per heavy atom. The molecule has 94 valence electrons. The molecule has 0 spiro atoms. The quantitative estimate of drug-likeness (QED) is 0.714. The zero-order valence-electron chi connectivity index (χ0n) is 10.4. The van der Waals surface area contributed by atoms with Crippen molar-refractivity contribution in [2.24, 2.45) is 0 Å². The van der Waals surface area contributed by atoms with Gasteiger partial charge >= 0.3 is 0 Å². The van der Waals surface area contributed by atoms with Crippen LogP contribution < -0.4 is 10.6 Å². The van der Waals surface area contributed by atoms with Crippen molar-refractivity contribution < 1.29 is 9.53 Å². The number of amides is 1. The number of piperidine rings is 1. The molecule has 4 heteroatoms. The molecular formula is C12H24N2O2. The van der Waals surface area contributed by atoms with Gasteiger partial charge in [0, 0.05) is 12.6 Å². The molecule has 16 heavy (non-hydrogen) atoms. The topological polar surface area (TPSA) is 50.4 Å².